The van der Waals surface area contributed by atoms with Crippen LogP contribution in [-0.2, 0) is 4.79 Å². The van der Waals surface area contributed by atoms with E-state index in [0.29, 0.717) is 17.2 Å². The summed E-state index contributed by atoms with van der Waals surface area (Å²) in [4.78, 5) is 24.8. The summed E-state index contributed by atoms with van der Waals surface area (Å²) in [5.74, 6) is 0.331. The summed E-state index contributed by atoms with van der Waals surface area (Å²) in [5, 5.41) is 5.83. The van der Waals surface area contributed by atoms with Gasteiger partial charge in [-0.25, -0.2) is 0 Å². The van der Waals surface area contributed by atoms with E-state index in [2.05, 4.69) is 10.6 Å². The molecule has 0 bridgehead atoms. The maximum Gasteiger partial charge on any atom is 0.254 e. The van der Waals surface area contributed by atoms with Crippen LogP contribution in [0.1, 0.15) is 54.4 Å². The lowest BCUT2D eigenvalue weighted by Crippen LogP contribution is -2.42. The van der Waals surface area contributed by atoms with Crippen molar-refractivity contribution < 1.29 is 9.59 Å². The highest BCUT2D eigenvalue weighted by Gasteiger charge is 2.30. The van der Waals surface area contributed by atoms with Gasteiger partial charge in [-0.05, 0) is 30.9 Å². The first-order valence-electron chi connectivity index (χ1n) is 7.86. The number of amides is 2. The Labute approximate surface area is 125 Å². The Hall–Kier alpha value is -1.84. The van der Waals surface area contributed by atoms with Gasteiger partial charge in [0.2, 0.25) is 5.91 Å². The summed E-state index contributed by atoms with van der Waals surface area (Å²) in [6.07, 6.45) is 6.88. The van der Waals surface area contributed by atoms with E-state index in [-0.39, 0.29) is 11.8 Å². The van der Waals surface area contributed by atoms with Crippen molar-refractivity contribution in [3.63, 3.8) is 0 Å². The molecule has 1 atom stereocenters. The maximum atomic E-state index is 12.4. The van der Waals surface area contributed by atoms with Gasteiger partial charge in [0.1, 0.15) is 6.04 Å². The molecule has 1 aromatic rings. The van der Waals surface area contributed by atoms with Crippen LogP contribution < -0.4 is 10.6 Å². The van der Waals surface area contributed by atoms with Crippen LogP contribution in [0.3, 0.4) is 0 Å². The largest absolute Gasteiger partial charge is 0.340 e. The fourth-order valence-corrected chi connectivity index (χ4v) is 3.51. The van der Waals surface area contributed by atoms with Gasteiger partial charge in [0.25, 0.3) is 5.91 Å². The van der Waals surface area contributed by atoms with Crippen molar-refractivity contribution in [3.05, 3.63) is 29.3 Å². The van der Waals surface area contributed by atoms with Gasteiger partial charge < -0.3 is 10.6 Å². The molecule has 4 heteroatoms. The smallest absolute Gasteiger partial charge is 0.254 e. The van der Waals surface area contributed by atoms with E-state index in [1.54, 1.807) is 6.07 Å². The van der Waals surface area contributed by atoms with Crippen molar-refractivity contribution in [2.75, 3.05) is 5.32 Å². The Morgan fingerprint density at radius 2 is 1.90 bits per heavy atom. The molecule has 112 valence electrons. The highest BCUT2D eigenvalue weighted by molar-refractivity contribution is 6.10. The molecule has 1 aliphatic carbocycles. The molecule has 1 fully saturated rings. The zero-order valence-electron chi connectivity index (χ0n) is 12.4. The SMILES string of the molecule is Cc1cccc2c1C(=O)N[C@@H](CC1CCCCC1)C(=O)N2. The second-order valence-electron chi connectivity index (χ2n) is 6.25. The predicted molar refractivity (Wildman–Crippen MR) is 82.3 cm³/mol. The Morgan fingerprint density at radius 1 is 1.14 bits per heavy atom. The molecule has 21 heavy (non-hydrogen) atoms. The lowest BCUT2D eigenvalue weighted by molar-refractivity contribution is -0.118. The molecule has 1 heterocycles. The average Bonchev–Trinajstić information content (AvgIpc) is 2.58. The van der Waals surface area contributed by atoms with Crippen molar-refractivity contribution in [3.8, 4) is 0 Å². The zero-order valence-corrected chi connectivity index (χ0v) is 12.4. The molecule has 4 nitrogen and oxygen atoms in total. The Morgan fingerprint density at radius 3 is 2.67 bits per heavy atom. The Bertz CT molecular complexity index is 562. The highest BCUT2D eigenvalue weighted by atomic mass is 16.2. The molecule has 1 aliphatic heterocycles. The molecular formula is C17H22N2O2. The first kappa shape index (κ1) is 14.1. The number of nitrogens with one attached hydrogen (secondary N) is 2. The number of benzene rings is 1. The van der Waals surface area contributed by atoms with Crippen LogP contribution in [0.2, 0.25) is 0 Å². The number of hydrogen-bond donors (Lipinski definition) is 2. The zero-order chi connectivity index (χ0) is 14.8. The number of fused-ring (bicyclic) bond motifs is 1. The van der Waals surface area contributed by atoms with E-state index < -0.39 is 6.04 Å². The monoisotopic (exact) mass is 286 g/mol. The predicted octanol–water partition coefficient (Wildman–Crippen LogP) is 3.02. The molecule has 0 aromatic heterocycles. The van der Waals surface area contributed by atoms with Crippen molar-refractivity contribution in [1.82, 2.24) is 5.32 Å². The minimum absolute atomic E-state index is 0.0849. The van der Waals surface area contributed by atoms with Crippen LogP contribution in [0.5, 0.6) is 0 Å². The van der Waals surface area contributed by atoms with Crippen LogP contribution in [-0.4, -0.2) is 17.9 Å². The summed E-state index contributed by atoms with van der Waals surface area (Å²) in [6.45, 7) is 1.89. The molecule has 0 spiro atoms. The summed E-state index contributed by atoms with van der Waals surface area (Å²) >= 11 is 0. The van der Waals surface area contributed by atoms with Crippen LogP contribution in [0.15, 0.2) is 18.2 Å². The number of anilines is 1. The molecule has 0 unspecified atom stereocenters. The van der Waals surface area contributed by atoms with Crippen LogP contribution >= 0.6 is 0 Å². The van der Waals surface area contributed by atoms with Gasteiger partial charge in [0.05, 0.1) is 11.3 Å². The molecule has 2 N–H and O–H groups in total. The van der Waals surface area contributed by atoms with E-state index in [0.717, 1.165) is 12.0 Å². The summed E-state index contributed by atoms with van der Waals surface area (Å²) in [5.41, 5.74) is 2.12. The molecule has 1 saturated carbocycles. The number of carbonyl (C=O) groups is 2. The van der Waals surface area contributed by atoms with E-state index in [4.69, 9.17) is 0 Å². The molecule has 0 saturated heterocycles. The summed E-state index contributed by atoms with van der Waals surface area (Å²) < 4.78 is 0. The third kappa shape index (κ3) is 2.94. The molecular weight excluding hydrogens is 264 g/mol. The van der Waals surface area contributed by atoms with Gasteiger partial charge in [-0.1, -0.05) is 44.2 Å². The minimum Gasteiger partial charge on any atom is -0.340 e. The Balaban J connectivity index is 1.79. The third-order valence-electron chi connectivity index (χ3n) is 4.67. The number of carbonyl (C=O) groups excluding carboxylic acids is 2. The fraction of sp³-hybridized carbons (Fsp3) is 0.529. The Kier molecular flexibility index (Phi) is 3.95. The lowest BCUT2D eigenvalue weighted by atomic mass is 9.84. The van der Waals surface area contributed by atoms with Gasteiger partial charge >= 0.3 is 0 Å². The van der Waals surface area contributed by atoms with Crippen molar-refractivity contribution in [2.24, 2.45) is 5.92 Å². The second-order valence-corrected chi connectivity index (χ2v) is 6.25. The van der Waals surface area contributed by atoms with Crippen LogP contribution in [0, 0.1) is 12.8 Å². The standard InChI is InChI=1S/C17H22N2O2/c1-11-6-5-9-13-15(11)17(21)19-14(16(20)18-13)10-12-7-3-2-4-8-12/h5-6,9,12,14H,2-4,7-8,10H2,1H3,(H,18,20)(H,19,21)/t14-/m0/s1. The van der Waals surface area contributed by atoms with Crippen molar-refractivity contribution in [2.45, 2.75) is 51.5 Å². The van der Waals surface area contributed by atoms with Gasteiger partial charge in [-0.15, -0.1) is 0 Å². The van der Waals surface area contributed by atoms with Crippen molar-refractivity contribution in [1.29, 1.82) is 0 Å². The van der Waals surface area contributed by atoms with Gasteiger partial charge in [0, 0.05) is 0 Å². The molecule has 2 aliphatic rings. The quantitative estimate of drug-likeness (QED) is 0.878. The van der Waals surface area contributed by atoms with E-state index >= 15 is 0 Å². The second kappa shape index (κ2) is 5.88. The highest BCUT2D eigenvalue weighted by Crippen LogP contribution is 2.29. The van der Waals surface area contributed by atoms with Crippen molar-refractivity contribution >= 4 is 17.5 Å². The third-order valence-corrected chi connectivity index (χ3v) is 4.67. The molecule has 1 aromatic carbocycles. The van der Waals surface area contributed by atoms with Gasteiger partial charge in [-0.2, -0.15) is 0 Å². The molecule has 0 radical (unpaired) electrons. The van der Waals surface area contributed by atoms with Crippen LogP contribution in [0.4, 0.5) is 5.69 Å². The topological polar surface area (TPSA) is 58.2 Å². The maximum absolute atomic E-state index is 12.4. The first-order chi connectivity index (χ1) is 10.1. The minimum atomic E-state index is -0.410. The molecule has 2 amide bonds. The fourth-order valence-electron chi connectivity index (χ4n) is 3.51. The van der Waals surface area contributed by atoms with E-state index in [9.17, 15) is 9.59 Å². The van der Waals surface area contributed by atoms with E-state index in [1.165, 1.54) is 32.1 Å². The lowest BCUT2D eigenvalue weighted by Gasteiger charge is -2.25. The molecule has 3 rings (SSSR count). The van der Waals surface area contributed by atoms with Gasteiger partial charge in [0.15, 0.2) is 0 Å². The first-order valence-corrected chi connectivity index (χ1v) is 7.86. The summed E-state index contributed by atoms with van der Waals surface area (Å²) in [7, 11) is 0. The normalized spacial score (nSPS) is 23.0. The number of hydrogen-bond acceptors (Lipinski definition) is 2. The number of aryl methyl sites for hydroxylation is 1. The van der Waals surface area contributed by atoms with E-state index in [1.807, 2.05) is 19.1 Å². The summed E-state index contributed by atoms with van der Waals surface area (Å²) in [6, 6.07) is 5.14. The van der Waals surface area contributed by atoms with Gasteiger partial charge in [-0.3, -0.25) is 9.59 Å². The average molecular weight is 286 g/mol. The number of rotatable bonds is 2. The van der Waals surface area contributed by atoms with Crippen LogP contribution in [0.25, 0.3) is 0 Å².